The van der Waals surface area contributed by atoms with Crippen molar-refractivity contribution >= 4 is 23.2 Å². The van der Waals surface area contributed by atoms with Gasteiger partial charge in [0, 0.05) is 31.3 Å². The predicted octanol–water partition coefficient (Wildman–Crippen LogP) is 3.78. The first-order valence-corrected chi connectivity index (χ1v) is 8.71. The van der Waals surface area contributed by atoms with E-state index in [0.29, 0.717) is 6.42 Å². The van der Waals surface area contributed by atoms with Crippen molar-refractivity contribution in [2.45, 2.75) is 40.0 Å². The molecule has 25 heavy (non-hydrogen) atoms. The summed E-state index contributed by atoms with van der Waals surface area (Å²) < 4.78 is 0. The molecule has 2 aromatic rings. The second-order valence-electron chi connectivity index (χ2n) is 6.74. The SMILES string of the molecule is CC(=O)N1CCc2cc(NC(=O)CCc3ccc(C)cc3C)ccc21. The highest BCUT2D eigenvalue weighted by Crippen LogP contribution is 2.30. The Hall–Kier alpha value is -2.62. The van der Waals surface area contributed by atoms with Crippen molar-refractivity contribution in [3.63, 3.8) is 0 Å². The molecule has 3 rings (SSSR count). The van der Waals surface area contributed by atoms with E-state index in [0.717, 1.165) is 36.3 Å². The number of hydrogen-bond acceptors (Lipinski definition) is 2. The molecular weight excluding hydrogens is 312 g/mol. The smallest absolute Gasteiger partial charge is 0.224 e. The van der Waals surface area contributed by atoms with Crippen LogP contribution >= 0.6 is 0 Å². The van der Waals surface area contributed by atoms with Gasteiger partial charge in [0.15, 0.2) is 0 Å². The van der Waals surface area contributed by atoms with E-state index in [4.69, 9.17) is 0 Å². The number of nitrogens with zero attached hydrogens (tertiary/aromatic N) is 1. The molecule has 0 aromatic heterocycles. The number of carbonyl (C=O) groups is 2. The van der Waals surface area contributed by atoms with Crippen LogP contribution < -0.4 is 10.2 Å². The summed E-state index contributed by atoms with van der Waals surface area (Å²) in [5.74, 6) is 0.0744. The number of hydrogen-bond donors (Lipinski definition) is 1. The minimum absolute atomic E-state index is 0.0151. The molecule has 0 saturated heterocycles. The normalized spacial score (nSPS) is 12.8. The average molecular weight is 336 g/mol. The molecule has 0 saturated carbocycles. The van der Waals surface area contributed by atoms with Gasteiger partial charge in [0.2, 0.25) is 11.8 Å². The molecule has 0 bridgehead atoms. The van der Waals surface area contributed by atoms with Crippen molar-refractivity contribution < 1.29 is 9.59 Å². The largest absolute Gasteiger partial charge is 0.326 e. The number of aryl methyl sites for hydroxylation is 3. The Kier molecular flexibility index (Phi) is 4.88. The molecule has 0 radical (unpaired) electrons. The number of carbonyl (C=O) groups excluding carboxylic acids is 2. The molecule has 4 heteroatoms. The van der Waals surface area contributed by atoms with E-state index in [1.54, 1.807) is 11.8 Å². The van der Waals surface area contributed by atoms with Crippen LogP contribution in [0.2, 0.25) is 0 Å². The van der Waals surface area contributed by atoms with Crippen molar-refractivity contribution in [2.24, 2.45) is 0 Å². The summed E-state index contributed by atoms with van der Waals surface area (Å²) >= 11 is 0. The zero-order chi connectivity index (χ0) is 18.0. The summed E-state index contributed by atoms with van der Waals surface area (Å²) in [6.45, 7) is 6.46. The van der Waals surface area contributed by atoms with E-state index in [2.05, 4.69) is 37.4 Å². The minimum Gasteiger partial charge on any atom is -0.326 e. The van der Waals surface area contributed by atoms with Gasteiger partial charge in [-0.3, -0.25) is 9.59 Å². The average Bonchev–Trinajstić information content (AvgIpc) is 2.97. The van der Waals surface area contributed by atoms with Crippen molar-refractivity contribution in [2.75, 3.05) is 16.8 Å². The fraction of sp³-hybridized carbons (Fsp3) is 0.333. The number of rotatable bonds is 4. The zero-order valence-electron chi connectivity index (χ0n) is 15.1. The van der Waals surface area contributed by atoms with Gasteiger partial charge >= 0.3 is 0 Å². The van der Waals surface area contributed by atoms with E-state index < -0.39 is 0 Å². The van der Waals surface area contributed by atoms with Crippen LogP contribution in [0.5, 0.6) is 0 Å². The molecule has 0 spiro atoms. The van der Waals surface area contributed by atoms with Crippen molar-refractivity contribution in [1.29, 1.82) is 0 Å². The van der Waals surface area contributed by atoms with Crippen LogP contribution in [0.1, 0.15) is 35.6 Å². The molecule has 1 N–H and O–H groups in total. The summed E-state index contributed by atoms with van der Waals surface area (Å²) in [6.07, 6.45) is 2.03. The minimum atomic E-state index is 0.0151. The number of fused-ring (bicyclic) bond motifs is 1. The molecule has 130 valence electrons. The Morgan fingerprint density at radius 2 is 1.92 bits per heavy atom. The first-order valence-electron chi connectivity index (χ1n) is 8.71. The summed E-state index contributed by atoms with van der Waals surface area (Å²) in [5, 5.41) is 2.97. The highest BCUT2D eigenvalue weighted by atomic mass is 16.2. The van der Waals surface area contributed by atoms with E-state index in [9.17, 15) is 9.59 Å². The van der Waals surface area contributed by atoms with Gasteiger partial charge in [0.1, 0.15) is 0 Å². The molecule has 0 atom stereocenters. The van der Waals surface area contributed by atoms with E-state index in [1.807, 2.05) is 18.2 Å². The molecule has 1 aliphatic rings. The van der Waals surface area contributed by atoms with Crippen molar-refractivity contribution in [3.05, 3.63) is 58.7 Å². The standard InChI is InChI=1S/C21H24N2O2/c1-14-4-5-17(15(2)12-14)6-9-21(25)22-19-7-8-20-18(13-19)10-11-23(20)16(3)24/h4-5,7-8,12-13H,6,9-11H2,1-3H3,(H,22,25). The van der Waals surface area contributed by atoms with Crippen LogP contribution in [0.4, 0.5) is 11.4 Å². The number of amides is 2. The van der Waals surface area contributed by atoms with Gasteiger partial charge in [-0.05, 0) is 61.6 Å². The lowest BCUT2D eigenvalue weighted by Crippen LogP contribution is -2.25. The lowest BCUT2D eigenvalue weighted by Gasteiger charge is -2.15. The number of nitrogens with one attached hydrogen (secondary N) is 1. The third kappa shape index (κ3) is 3.90. The van der Waals surface area contributed by atoms with Gasteiger partial charge in [-0.25, -0.2) is 0 Å². The summed E-state index contributed by atoms with van der Waals surface area (Å²) in [7, 11) is 0. The third-order valence-corrected chi connectivity index (χ3v) is 4.76. The second-order valence-corrected chi connectivity index (χ2v) is 6.74. The fourth-order valence-corrected chi connectivity index (χ4v) is 3.40. The van der Waals surface area contributed by atoms with E-state index in [1.165, 1.54) is 16.7 Å². The lowest BCUT2D eigenvalue weighted by atomic mass is 10.0. The fourth-order valence-electron chi connectivity index (χ4n) is 3.40. The maximum Gasteiger partial charge on any atom is 0.224 e. The van der Waals surface area contributed by atoms with Crippen LogP contribution in [0.3, 0.4) is 0 Å². The van der Waals surface area contributed by atoms with Crippen molar-refractivity contribution in [3.8, 4) is 0 Å². The van der Waals surface area contributed by atoms with Gasteiger partial charge in [-0.15, -0.1) is 0 Å². The van der Waals surface area contributed by atoms with Gasteiger partial charge in [-0.2, -0.15) is 0 Å². The van der Waals surface area contributed by atoms with Crippen LogP contribution in [0, 0.1) is 13.8 Å². The van der Waals surface area contributed by atoms with Gasteiger partial charge in [0.25, 0.3) is 0 Å². The first kappa shape index (κ1) is 17.2. The van der Waals surface area contributed by atoms with Crippen LogP contribution in [-0.4, -0.2) is 18.4 Å². The summed E-state index contributed by atoms with van der Waals surface area (Å²) in [6, 6.07) is 12.1. The highest BCUT2D eigenvalue weighted by Gasteiger charge is 2.22. The summed E-state index contributed by atoms with van der Waals surface area (Å²) in [4.78, 5) is 25.6. The van der Waals surface area contributed by atoms with Gasteiger partial charge < -0.3 is 10.2 Å². The molecule has 1 aliphatic heterocycles. The molecule has 1 heterocycles. The van der Waals surface area contributed by atoms with Gasteiger partial charge in [-0.1, -0.05) is 23.8 Å². The van der Waals surface area contributed by atoms with E-state index >= 15 is 0 Å². The molecule has 2 amide bonds. The molecule has 0 aliphatic carbocycles. The highest BCUT2D eigenvalue weighted by molar-refractivity contribution is 5.95. The predicted molar refractivity (Wildman–Crippen MR) is 101 cm³/mol. The molecule has 2 aromatic carbocycles. The Balaban J connectivity index is 1.61. The zero-order valence-corrected chi connectivity index (χ0v) is 15.1. The molecular formula is C21H24N2O2. The quantitative estimate of drug-likeness (QED) is 0.923. The second kappa shape index (κ2) is 7.09. The van der Waals surface area contributed by atoms with Crippen LogP contribution in [0.25, 0.3) is 0 Å². The Morgan fingerprint density at radius 3 is 2.64 bits per heavy atom. The Labute approximate surface area is 148 Å². The molecule has 0 fully saturated rings. The Bertz CT molecular complexity index is 827. The molecule has 4 nitrogen and oxygen atoms in total. The van der Waals surface area contributed by atoms with E-state index in [-0.39, 0.29) is 11.8 Å². The van der Waals surface area contributed by atoms with Crippen LogP contribution in [-0.2, 0) is 22.4 Å². The number of anilines is 2. The van der Waals surface area contributed by atoms with Gasteiger partial charge in [0.05, 0.1) is 0 Å². The topological polar surface area (TPSA) is 49.4 Å². The maximum atomic E-state index is 12.3. The summed E-state index contributed by atoms with van der Waals surface area (Å²) in [5.41, 5.74) is 6.56. The number of benzene rings is 2. The molecule has 0 unspecified atom stereocenters. The first-order chi connectivity index (χ1) is 11.9. The lowest BCUT2D eigenvalue weighted by molar-refractivity contribution is -0.117. The van der Waals surface area contributed by atoms with Crippen LogP contribution in [0.15, 0.2) is 36.4 Å². The Morgan fingerprint density at radius 1 is 1.12 bits per heavy atom. The van der Waals surface area contributed by atoms with Crippen molar-refractivity contribution in [1.82, 2.24) is 0 Å². The maximum absolute atomic E-state index is 12.3. The monoisotopic (exact) mass is 336 g/mol. The third-order valence-electron chi connectivity index (χ3n) is 4.76.